The average Bonchev–Trinajstić information content (AvgIpc) is 2.47. The Morgan fingerprint density at radius 2 is 2.42 bits per heavy atom. The third kappa shape index (κ3) is 2.19. The summed E-state index contributed by atoms with van der Waals surface area (Å²) >= 11 is 0. The molecule has 0 aromatic heterocycles. The molecule has 0 spiro atoms. The fraction of sp³-hybridized carbons (Fsp3) is 0.875. The first-order valence-electron chi connectivity index (χ1n) is 4.38. The Morgan fingerprint density at radius 3 is 2.92 bits per heavy atom. The van der Waals surface area contributed by atoms with Crippen LogP contribution in [0.3, 0.4) is 0 Å². The maximum atomic E-state index is 11.3. The first kappa shape index (κ1) is 9.48. The van der Waals surface area contributed by atoms with Crippen LogP contribution in [0.25, 0.3) is 0 Å². The van der Waals surface area contributed by atoms with Crippen LogP contribution in [-0.2, 0) is 9.63 Å². The second-order valence-corrected chi connectivity index (χ2v) is 3.14. The van der Waals surface area contributed by atoms with Crippen LogP contribution < -0.4 is 10.8 Å². The lowest BCUT2D eigenvalue weighted by molar-refractivity contribution is -0.137. The summed E-state index contributed by atoms with van der Waals surface area (Å²) in [6.45, 7) is 6.11. The highest BCUT2D eigenvalue weighted by Crippen LogP contribution is 2.15. The predicted molar refractivity (Wildman–Crippen MR) is 45.3 cm³/mol. The molecule has 1 fully saturated rings. The van der Waals surface area contributed by atoms with Crippen LogP contribution in [0.1, 0.15) is 13.8 Å². The fourth-order valence-corrected chi connectivity index (χ4v) is 1.38. The monoisotopic (exact) mass is 172 g/mol. The first-order chi connectivity index (χ1) is 5.75. The van der Waals surface area contributed by atoms with Crippen LogP contribution in [0.15, 0.2) is 0 Å². The Labute approximate surface area is 72.6 Å². The van der Waals surface area contributed by atoms with Crippen molar-refractivity contribution in [1.29, 1.82) is 0 Å². The van der Waals surface area contributed by atoms with Gasteiger partial charge < -0.3 is 5.32 Å². The van der Waals surface area contributed by atoms with Crippen LogP contribution in [0, 0.1) is 11.8 Å². The number of amides is 1. The summed E-state index contributed by atoms with van der Waals surface area (Å²) in [5.74, 6) is 0.469. The van der Waals surface area contributed by atoms with E-state index in [0.29, 0.717) is 12.5 Å². The van der Waals surface area contributed by atoms with Crippen molar-refractivity contribution in [2.75, 3.05) is 19.7 Å². The fourth-order valence-electron chi connectivity index (χ4n) is 1.38. The van der Waals surface area contributed by atoms with Crippen LogP contribution in [-0.4, -0.2) is 25.6 Å². The highest BCUT2D eigenvalue weighted by Gasteiger charge is 2.29. The van der Waals surface area contributed by atoms with E-state index in [-0.39, 0.29) is 11.8 Å². The molecule has 4 nitrogen and oxygen atoms in total. The van der Waals surface area contributed by atoms with Gasteiger partial charge >= 0.3 is 0 Å². The highest BCUT2D eigenvalue weighted by molar-refractivity contribution is 5.78. The van der Waals surface area contributed by atoms with E-state index in [2.05, 4.69) is 17.7 Å². The molecule has 2 N–H and O–H groups in total. The number of hydroxylamine groups is 1. The van der Waals surface area contributed by atoms with E-state index in [9.17, 15) is 4.79 Å². The van der Waals surface area contributed by atoms with Gasteiger partial charge in [-0.05, 0) is 19.4 Å². The third-order valence-corrected chi connectivity index (χ3v) is 2.17. The van der Waals surface area contributed by atoms with Crippen LogP contribution in [0.5, 0.6) is 0 Å². The molecule has 0 radical (unpaired) electrons. The van der Waals surface area contributed by atoms with Crippen molar-refractivity contribution >= 4 is 5.91 Å². The second kappa shape index (κ2) is 4.42. The Balaban J connectivity index is 2.30. The molecule has 2 atom stereocenters. The molecule has 0 aliphatic carbocycles. The number of rotatable bonds is 3. The van der Waals surface area contributed by atoms with Gasteiger partial charge in [0, 0.05) is 6.54 Å². The molecule has 12 heavy (non-hydrogen) atoms. The zero-order valence-electron chi connectivity index (χ0n) is 7.59. The van der Waals surface area contributed by atoms with Crippen molar-refractivity contribution in [3.8, 4) is 0 Å². The molecule has 1 saturated heterocycles. The largest absolute Gasteiger partial charge is 0.316 e. The van der Waals surface area contributed by atoms with Crippen LogP contribution in [0.2, 0.25) is 0 Å². The van der Waals surface area contributed by atoms with E-state index in [1.165, 1.54) is 0 Å². The lowest BCUT2D eigenvalue weighted by Crippen LogP contribution is -2.34. The lowest BCUT2D eigenvalue weighted by atomic mass is 9.98. The number of carbonyl (C=O) groups is 1. The molecule has 0 bridgehead atoms. The number of nitrogens with one attached hydrogen (secondary N) is 2. The van der Waals surface area contributed by atoms with Gasteiger partial charge in [0.25, 0.3) is 0 Å². The van der Waals surface area contributed by atoms with Gasteiger partial charge in [-0.3, -0.25) is 9.63 Å². The first-order valence-corrected chi connectivity index (χ1v) is 4.38. The van der Waals surface area contributed by atoms with E-state index in [1.807, 2.05) is 6.92 Å². The van der Waals surface area contributed by atoms with Gasteiger partial charge in [-0.2, -0.15) is 0 Å². The molecule has 1 rings (SSSR count). The van der Waals surface area contributed by atoms with E-state index < -0.39 is 0 Å². The number of carbonyl (C=O) groups excluding carboxylic acids is 1. The van der Waals surface area contributed by atoms with Gasteiger partial charge in [0.1, 0.15) is 0 Å². The lowest BCUT2D eigenvalue weighted by Gasteiger charge is -2.12. The standard InChI is InChI=1S/C8H16N2O2/c1-3-12-10-8(11)7-5-9-4-6(7)2/h6-7,9H,3-5H2,1-2H3,(H,10,11)/t6-,7-/m1/s1. The summed E-state index contributed by atoms with van der Waals surface area (Å²) in [4.78, 5) is 16.2. The summed E-state index contributed by atoms with van der Waals surface area (Å²) in [6, 6.07) is 0. The zero-order valence-corrected chi connectivity index (χ0v) is 7.59. The van der Waals surface area contributed by atoms with E-state index in [4.69, 9.17) is 4.84 Å². The normalized spacial score (nSPS) is 28.8. The van der Waals surface area contributed by atoms with E-state index in [0.717, 1.165) is 13.1 Å². The Kier molecular flexibility index (Phi) is 3.49. The number of hydrogen-bond donors (Lipinski definition) is 2. The molecule has 0 aromatic rings. The van der Waals surface area contributed by atoms with E-state index in [1.54, 1.807) is 0 Å². The topological polar surface area (TPSA) is 50.4 Å². The van der Waals surface area contributed by atoms with Gasteiger partial charge in [-0.15, -0.1) is 0 Å². The SMILES string of the molecule is CCONC(=O)[C@@H]1CNC[C@H]1C. The molecule has 0 aromatic carbocycles. The Morgan fingerprint density at radius 1 is 1.67 bits per heavy atom. The van der Waals surface area contributed by atoms with Gasteiger partial charge in [0.2, 0.25) is 5.91 Å². The summed E-state index contributed by atoms with van der Waals surface area (Å²) < 4.78 is 0. The summed E-state index contributed by atoms with van der Waals surface area (Å²) in [6.07, 6.45) is 0. The summed E-state index contributed by atoms with van der Waals surface area (Å²) in [5, 5.41) is 3.16. The van der Waals surface area contributed by atoms with Crippen LogP contribution >= 0.6 is 0 Å². The molecular formula is C8H16N2O2. The van der Waals surface area contributed by atoms with Gasteiger partial charge in [-0.1, -0.05) is 6.92 Å². The molecule has 4 heteroatoms. The summed E-state index contributed by atoms with van der Waals surface area (Å²) in [5.41, 5.74) is 2.43. The smallest absolute Gasteiger partial charge is 0.248 e. The van der Waals surface area contributed by atoms with Gasteiger partial charge in [0.05, 0.1) is 12.5 Å². The summed E-state index contributed by atoms with van der Waals surface area (Å²) in [7, 11) is 0. The second-order valence-electron chi connectivity index (χ2n) is 3.14. The molecule has 1 aliphatic rings. The minimum absolute atomic E-state index is 0.00523. The van der Waals surface area contributed by atoms with Crippen molar-refractivity contribution < 1.29 is 9.63 Å². The number of hydrogen-bond acceptors (Lipinski definition) is 3. The maximum Gasteiger partial charge on any atom is 0.248 e. The Bertz CT molecular complexity index is 161. The Hall–Kier alpha value is -0.610. The molecule has 1 aliphatic heterocycles. The molecule has 1 amide bonds. The maximum absolute atomic E-state index is 11.3. The van der Waals surface area contributed by atoms with Crippen molar-refractivity contribution in [3.05, 3.63) is 0 Å². The van der Waals surface area contributed by atoms with Crippen molar-refractivity contribution in [2.45, 2.75) is 13.8 Å². The van der Waals surface area contributed by atoms with Crippen molar-refractivity contribution in [1.82, 2.24) is 10.8 Å². The molecule has 0 unspecified atom stereocenters. The van der Waals surface area contributed by atoms with Crippen molar-refractivity contribution in [3.63, 3.8) is 0 Å². The quantitative estimate of drug-likeness (QED) is 0.585. The van der Waals surface area contributed by atoms with E-state index >= 15 is 0 Å². The average molecular weight is 172 g/mol. The molecule has 1 heterocycles. The molecule has 70 valence electrons. The molecular weight excluding hydrogens is 156 g/mol. The van der Waals surface area contributed by atoms with Gasteiger partial charge in [-0.25, -0.2) is 5.48 Å². The van der Waals surface area contributed by atoms with Crippen LogP contribution in [0.4, 0.5) is 0 Å². The highest BCUT2D eigenvalue weighted by atomic mass is 16.6. The minimum Gasteiger partial charge on any atom is -0.316 e. The van der Waals surface area contributed by atoms with Gasteiger partial charge in [0.15, 0.2) is 0 Å². The minimum atomic E-state index is -0.00523. The molecule has 0 saturated carbocycles. The predicted octanol–water partition coefficient (Wildman–Crippen LogP) is -0.0904. The zero-order chi connectivity index (χ0) is 8.97. The third-order valence-electron chi connectivity index (χ3n) is 2.17. The van der Waals surface area contributed by atoms with Crippen molar-refractivity contribution in [2.24, 2.45) is 11.8 Å².